The normalized spacial score (nSPS) is 17.8. The molecule has 0 bridgehead atoms. The summed E-state index contributed by atoms with van der Waals surface area (Å²) < 4.78 is 1.13. The number of nitrogens with zero attached hydrogens (tertiary/aromatic N) is 4. The summed E-state index contributed by atoms with van der Waals surface area (Å²) in [5.41, 5.74) is 1.39. The lowest BCUT2D eigenvalue weighted by Gasteiger charge is -2.38. The van der Waals surface area contributed by atoms with Gasteiger partial charge in [0.15, 0.2) is 5.17 Å². The highest BCUT2D eigenvalue weighted by molar-refractivity contribution is 9.10. The van der Waals surface area contributed by atoms with E-state index in [9.17, 15) is 0 Å². The van der Waals surface area contributed by atoms with Crippen LogP contribution in [-0.2, 0) is 6.42 Å². The lowest BCUT2D eigenvalue weighted by Crippen LogP contribution is -2.50. The van der Waals surface area contributed by atoms with Crippen molar-refractivity contribution in [3.05, 3.63) is 34.3 Å². The lowest BCUT2D eigenvalue weighted by atomic mass is 10.0. The Hall–Kier alpha value is -1.03. The predicted octanol–water partition coefficient (Wildman–Crippen LogP) is 3.59. The fourth-order valence-electron chi connectivity index (χ4n) is 2.85. The maximum atomic E-state index is 8.74. The quantitative estimate of drug-likeness (QED) is 0.444. The van der Waals surface area contributed by atoms with Gasteiger partial charge in [0.2, 0.25) is 6.19 Å². The standard InChI is InChI=1S/C17H23BrN4S/c1-14(3-4-15-5-7-16(18)8-6-15)21-9-11-22(12-10-21)17(23-2)20-13-19/h5-8,14H,3-4,9-12H2,1-2H3. The van der Waals surface area contributed by atoms with E-state index in [1.807, 2.05) is 12.4 Å². The summed E-state index contributed by atoms with van der Waals surface area (Å²) >= 11 is 5.03. The van der Waals surface area contributed by atoms with E-state index in [-0.39, 0.29) is 0 Å². The number of thioether (sulfide) groups is 1. The molecular formula is C17H23BrN4S. The average Bonchev–Trinajstić information content (AvgIpc) is 2.59. The molecule has 1 unspecified atom stereocenters. The molecule has 0 radical (unpaired) electrons. The zero-order valence-corrected chi connectivity index (χ0v) is 16.1. The van der Waals surface area contributed by atoms with Crippen LogP contribution < -0.4 is 0 Å². The molecule has 6 heteroatoms. The van der Waals surface area contributed by atoms with Gasteiger partial charge in [-0.25, -0.2) is 0 Å². The number of hydrogen-bond donors (Lipinski definition) is 0. The van der Waals surface area contributed by atoms with E-state index >= 15 is 0 Å². The highest BCUT2D eigenvalue weighted by Gasteiger charge is 2.22. The number of piperazine rings is 1. The zero-order valence-electron chi connectivity index (χ0n) is 13.7. The highest BCUT2D eigenvalue weighted by Crippen LogP contribution is 2.16. The Morgan fingerprint density at radius 3 is 2.52 bits per heavy atom. The molecule has 0 aromatic heterocycles. The second-order valence-corrected chi connectivity index (χ2v) is 7.42. The van der Waals surface area contributed by atoms with Gasteiger partial charge in [0.25, 0.3) is 0 Å². The van der Waals surface area contributed by atoms with Gasteiger partial charge in [-0.2, -0.15) is 5.26 Å². The van der Waals surface area contributed by atoms with E-state index in [0.717, 1.165) is 42.2 Å². The van der Waals surface area contributed by atoms with Crippen LogP contribution in [0.15, 0.2) is 33.7 Å². The topological polar surface area (TPSA) is 42.6 Å². The van der Waals surface area contributed by atoms with Gasteiger partial charge < -0.3 is 4.90 Å². The highest BCUT2D eigenvalue weighted by atomic mass is 79.9. The molecular weight excluding hydrogens is 372 g/mol. The Labute approximate surface area is 151 Å². The maximum Gasteiger partial charge on any atom is 0.208 e. The van der Waals surface area contributed by atoms with Gasteiger partial charge in [-0.05, 0) is 43.7 Å². The Morgan fingerprint density at radius 2 is 1.96 bits per heavy atom. The number of hydrogen-bond acceptors (Lipinski definition) is 4. The molecule has 1 aliphatic heterocycles. The molecule has 1 saturated heterocycles. The first kappa shape index (κ1) is 18.3. The van der Waals surface area contributed by atoms with Crippen molar-refractivity contribution in [3.63, 3.8) is 0 Å². The Bertz CT molecular complexity index is 559. The first-order valence-electron chi connectivity index (χ1n) is 7.88. The van der Waals surface area contributed by atoms with Gasteiger partial charge >= 0.3 is 0 Å². The molecule has 4 nitrogen and oxygen atoms in total. The number of benzene rings is 1. The van der Waals surface area contributed by atoms with Crippen LogP contribution in [0.2, 0.25) is 0 Å². The van der Waals surface area contributed by atoms with Crippen molar-refractivity contribution in [3.8, 4) is 6.19 Å². The van der Waals surface area contributed by atoms with Crippen LogP contribution in [0.3, 0.4) is 0 Å². The van der Waals surface area contributed by atoms with Crippen LogP contribution >= 0.6 is 27.7 Å². The minimum atomic E-state index is 0.575. The van der Waals surface area contributed by atoms with Crippen molar-refractivity contribution in [2.75, 3.05) is 32.4 Å². The van der Waals surface area contributed by atoms with Crippen LogP contribution in [-0.4, -0.2) is 53.4 Å². The first-order chi connectivity index (χ1) is 11.1. The summed E-state index contributed by atoms with van der Waals surface area (Å²) in [7, 11) is 0. The SMILES string of the molecule is CSC(=NC#N)N1CCN(C(C)CCc2ccc(Br)cc2)CC1. The van der Waals surface area contributed by atoms with E-state index in [0.29, 0.717) is 6.04 Å². The molecule has 1 fully saturated rings. The molecule has 0 amide bonds. The van der Waals surface area contributed by atoms with Crippen molar-refractivity contribution in [2.24, 2.45) is 4.99 Å². The Morgan fingerprint density at radius 1 is 1.30 bits per heavy atom. The van der Waals surface area contributed by atoms with Crippen molar-refractivity contribution in [2.45, 2.75) is 25.8 Å². The number of aliphatic imine (C=N–C) groups is 1. The van der Waals surface area contributed by atoms with Crippen molar-refractivity contribution >= 4 is 32.9 Å². The predicted molar refractivity (Wildman–Crippen MR) is 102 cm³/mol. The molecule has 124 valence electrons. The monoisotopic (exact) mass is 394 g/mol. The minimum absolute atomic E-state index is 0.575. The molecule has 0 aliphatic carbocycles. The average molecular weight is 395 g/mol. The molecule has 1 heterocycles. The van der Waals surface area contributed by atoms with Crippen molar-refractivity contribution < 1.29 is 0 Å². The van der Waals surface area contributed by atoms with Gasteiger partial charge in [0.05, 0.1) is 0 Å². The zero-order chi connectivity index (χ0) is 16.7. The molecule has 2 rings (SSSR count). The second-order valence-electron chi connectivity index (χ2n) is 5.74. The molecule has 0 saturated carbocycles. The summed E-state index contributed by atoms with van der Waals surface area (Å²) in [6, 6.07) is 9.18. The van der Waals surface area contributed by atoms with Crippen LogP contribution in [0.1, 0.15) is 18.9 Å². The minimum Gasteiger partial charge on any atom is -0.348 e. The maximum absolute atomic E-state index is 8.74. The molecule has 0 spiro atoms. The summed E-state index contributed by atoms with van der Waals surface area (Å²) in [5, 5.41) is 9.59. The lowest BCUT2D eigenvalue weighted by molar-refractivity contribution is 0.136. The van der Waals surface area contributed by atoms with Crippen molar-refractivity contribution in [1.82, 2.24) is 9.80 Å². The van der Waals surface area contributed by atoms with E-state index in [4.69, 9.17) is 5.26 Å². The fraction of sp³-hybridized carbons (Fsp3) is 0.529. The number of amidine groups is 1. The number of nitriles is 1. The molecule has 1 aliphatic rings. The third-order valence-corrected chi connectivity index (χ3v) is 5.54. The summed E-state index contributed by atoms with van der Waals surface area (Å²) in [6.07, 6.45) is 6.16. The molecule has 1 aromatic rings. The number of halogens is 1. The molecule has 1 atom stereocenters. The summed E-state index contributed by atoms with van der Waals surface area (Å²) in [4.78, 5) is 8.66. The molecule has 0 N–H and O–H groups in total. The van der Waals surface area contributed by atoms with Crippen LogP contribution in [0, 0.1) is 11.5 Å². The number of aryl methyl sites for hydroxylation is 1. The van der Waals surface area contributed by atoms with Gasteiger partial charge in [-0.3, -0.25) is 4.90 Å². The Balaban J connectivity index is 1.79. The van der Waals surface area contributed by atoms with E-state index in [2.05, 4.69) is 61.9 Å². The van der Waals surface area contributed by atoms with Gasteiger partial charge in [0, 0.05) is 36.7 Å². The first-order valence-corrected chi connectivity index (χ1v) is 9.90. The fourth-order valence-corrected chi connectivity index (χ4v) is 3.69. The third kappa shape index (κ3) is 5.52. The third-order valence-electron chi connectivity index (χ3n) is 4.30. The Kier molecular flexibility index (Phi) is 7.41. The molecule has 1 aromatic carbocycles. The van der Waals surface area contributed by atoms with Crippen LogP contribution in [0.4, 0.5) is 0 Å². The number of rotatable bonds is 4. The van der Waals surface area contributed by atoms with E-state index in [1.54, 1.807) is 11.8 Å². The smallest absolute Gasteiger partial charge is 0.208 e. The summed E-state index contributed by atoms with van der Waals surface area (Å²) in [5.74, 6) is 0. The van der Waals surface area contributed by atoms with E-state index < -0.39 is 0 Å². The van der Waals surface area contributed by atoms with Crippen LogP contribution in [0.5, 0.6) is 0 Å². The summed E-state index contributed by atoms with van der Waals surface area (Å²) in [6.45, 7) is 6.28. The van der Waals surface area contributed by atoms with Crippen LogP contribution in [0.25, 0.3) is 0 Å². The van der Waals surface area contributed by atoms with E-state index in [1.165, 1.54) is 12.0 Å². The second kappa shape index (κ2) is 9.31. The van der Waals surface area contributed by atoms with Gasteiger partial charge in [0.1, 0.15) is 0 Å². The largest absolute Gasteiger partial charge is 0.348 e. The van der Waals surface area contributed by atoms with Crippen molar-refractivity contribution in [1.29, 1.82) is 5.26 Å². The van der Waals surface area contributed by atoms with Gasteiger partial charge in [-0.15, -0.1) is 4.99 Å². The van der Waals surface area contributed by atoms with Gasteiger partial charge in [-0.1, -0.05) is 39.8 Å². The molecule has 23 heavy (non-hydrogen) atoms.